The Kier molecular flexibility index (Phi) is 6.50. The van der Waals surface area contributed by atoms with Gasteiger partial charge in [0, 0.05) is 17.1 Å². The number of benzene rings is 1. The smallest absolute Gasteiger partial charge is 0.322 e. The summed E-state index contributed by atoms with van der Waals surface area (Å²) < 4.78 is 0. The molecule has 0 aliphatic heterocycles. The molecule has 144 valence electrons. The van der Waals surface area contributed by atoms with Crippen LogP contribution in [0.15, 0.2) is 30.5 Å². The summed E-state index contributed by atoms with van der Waals surface area (Å²) in [4.78, 5) is 49.1. The molecule has 2 aromatic rings. The molecule has 0 saturated carbocycles. The number of hydrogen-bond acceptors (Lipinski definition) is 5. The fourth-order valence-corrected chi connectivity index (χ4v) is 2.61. The normalized spacial score (nSPS) is 12.9. The highest BCUT2D eigenvalue weighted by atomic mass is 16.4. The Morgan fingerprint density at radius 3 is 2.52 bits per heavy atom. The minimum Gasteiger partial charge on any atom is -0.480 e. The van der Waals surface area contributed by atoms with Crippen molar-refractivity contribution in [1.29, 1.82) is 0 Å². The lowest BCUT2D eigenvalue weighted by molar-refractivity contribution is -0.138. The second-order valence-electron chi connectivity index (χ2n) is 6.01. The van der Waals surface area contributed by atoms with Crippen molar-refractivity contribution in [3.63, 3.8) is 0 Å². The first-order chi connectivity index (χ1) is 12.8. The average molecular weight is 375 g/mol. The van der Waals surface area contributed by atoms with Crippen LogP contribution in [0.5, 0.6) is 0 Å². The predicted molar refractivity (Wildman–Crippen MR) is 96.4 cm³/mol. The maximum atomic E-state index is 12.3. The lowest BCUT2D eigenvalue weighted by Gasteiger charge is -2.19. The lowest BCUT2D eigenvalue weighted by Crippen LogP contribution is -2.53. The van der Waals surface area contributed by atoms with E-state index >= 15 is 0 Å². The topological polar surface area (TPSA) is 180 Å². The molecule has 8 N–H and O–H groups in total. The quantitative estimate of drug-likeness (QED) is 0.313. The van der Waals surface area contributed by atoms with Gasteiger partial charge in [-0.15, -0.1) is 0 Å². The van der Waals surface area contributed by atoms with Crippen LogP contribution >= 0.6 is 0 Å². The van der Waals surface area contributed by atoms with Crippen LogP contribution in [0.25, 0.3) is 10.9 Å². The molecule has 0 fully saturated rings. The molecule has 0 bridgehead atoms. The number of H-pyrrole nitrogens is 1. The first kappa shape index (κ1) is 19.9. The van der Waals surface area contributed by atoms with Crippen molar-refractivity contribution in [1.82, 2.24) is 15.6 Å². The number of primary amides is 1. The monoisotopic (exact) mass is 375 g/mol. The van der Waals surface area contributed by atoms with Gasteiger partial charge in [-0.25, -0.2) is 0 Å². The molecule has 2 atom stereocenters. The molecule has 1 aromatic heterocycles. The summed E-state index contributed by atoms with van der Waals surface area (Å²) in [6.07, 6.45) is 1.48. The fourth-order valence-electron chi connectivity index (χ4n) is 2.61. The predicted octanol–water partition coefficient (Wildman–Crippen LogP) is -1.40. The van der Waals surface area contributed by atoms with E-state index in [0.29, 0.717) is 0 Å². The van der Waals surface area contributed by atoms with Gasteiger partial charge in [-0.3, -0.25) is 19.2 Å². The second-order valence-corrected chi connectivity index (χ2v) is 6.01. The van der Waals surface area contributed by atoms with Gasteiger partial charge < -0.3 is 32.2 Å². The lowest BCUT2D eigenvalue weighted by atomic mass is 10.0. The minimum atomic E-state index is -1.30. The maximum Gasteiger partial charge on any atom is 0.322 e. The van der Waals surface area contributed by atoms with Crippen molar-refractivity contribution in [3.8, 4) is 0 Å². The molecular weight excluding hydrogens is 354 g/mol. The van der Waals surface area contributed by atoms with E-state index in [0.717, 1.165) is 16.5 Å². The van der Waals surface area contributed by atoms with E-state index in [1.165, 1.54) is 0 Å². The highest BCUT2D eigenvalue weighted by molar-refractivity contribution is 5.94. The number of para-hydroxylation sites is 1. The van der Waals surface area contributed by atoms with E-state index in [2.05, 4.69) is 15.6 Å². The SMILES string of the molecule is NC(=O)CC(NC(=O)C(N)Cc1c[nH]c2ccccc12)C(=O)NCC(=O)O. The van der Waals surface area contributed by atoms with Crippen molar-refractivity contribution in [2.75, 3.05) is 6.54 Å². The van der Waals surface area contributed by atoms with Gasteiger partial charge in [0.1, 0.15) is 12.6 Å². The van der Waals surface area contributed by atoms with E-state index in [1.54, 1.807) is 6.20 Å². The Bertz CT molecular complexity index is 862. The number of rotatable bonds is 9. The summed E-state index contributed by atoms with van der Waals surface area (Å²) in [6, 6.07) is 5.23. The molecule has 10 nitrogen and oxygen atoms in total. The van der Waals surface area contributed by atoms with Crippen LogP contribution in [0, 0.1) is 0 Å². The summed E-state index contributed by atoms with van der Waals surface area (Å²) in [5, 5.41) is 14.0. The highest BCUT2D eigenvalue weighted by Gasteiger charge is 2.26. The standard InChI is InChI=1S/C17H21N5O5/c18-11(5-9-7-20-12-4-2-1-3-10(9)12)16(26)22-13(6-14(19)23)17(27)21-8-15(24)25/h1-4,7,11,13,20H,5-6,8,18H2,(H2,19,23)(H,21,27)(H,22,26)(H,24,25). The number of nitrogens with one attached hydrogen (secondary N) is 3. The Morgan fingerprint density at radius 2 is 1.85 bits per heavy atom. The molecule has 2 rings (SSSR count). The number of aromatic nitrogens is 1. The van der Waals surface area contributed by atoms with Crippen molar-refractivity contribution < 1.29 is 24.3 Å². The molecule has 27 heavy (non-hydrogen) atoms. The number of amides is 3. The Balaban J connectivity index is 2.03. The Hall–Kier alpha value is -3.40. The van der Waals surface area contributed by atoms with E-state index < -0.39 is 48.7 Å². The van der Waals surface area contributed by atoms with E-state index in [4.69, 9.17) is 16.6 Å². The van der Waals surface area contributed by atoms with Crippen LogP contribution in [0.1, 0.15) is 12.0 Å². The van der Waals surface area contributed by atoms with Crippen LogP contribution in [0.4, 0.5) is 0 Å². The van der Waals surface area contributed by atoms with Gasteiger partial charge in [0.15, 0.2) is 0 Å². The molecule has 1 aromatic carbocycles. The van der Waals surface area contributed by atoms with Gasteiger partial charge in [0.25, 0.3) is 0 Å². The summed E-state index contributed by atoms with van der Waals surface area (Å²) in [6.45, 7) is -0.647. The number of nitrogens with two attached hydrogens (primary N) is 2. The number of aliphatic carboxylic acids is 1. The molecule has 10 heteroatoms. The Labute approximate surface area is 154 Å². The van der Waals surface area contributed by atoms with Crippen molar-refractivity contribution in [3.05, 3.63) is 36.0 Å². The zero-order valence-electron chi connectivity index (χ0n) is 14.4. The van der Waals surface area contributed by atoms with Crippen molar-refractivity contribution >= 4 is 34.6 Å². The van der Waals surface area contributed by atoms with E-state index in [1.807, 2.05) is 24.3 Å². The van der Waals surface area contributed by atoms with Crippen LogP contribution in [0.2, 0.25) is 0 Å². The van der Waals surface area contributed by atoms with Gasteiger partial charge in [-0.2, -0.15) is 0 Å². The van der Waals surface area contributed by atoms with Crippen LogP contribution in [0.3, 0.4) is 0 Å². The molecule has 0 aliphatic rings. The number of carbonyl (C=O) groups is 4. The van der Waals surface area contributed by atoms with Crippen LogP contribution < -0.4 is 22.1 Å². The third-order valence-corrected chi connectivity index (χ3v) is 3.90. The van der Waals surface area contributed by atoms with Gasteiger partial charge in [0.05, 0.1) is 12.5 Å². The average Bonchev–Trinajstić information content (AvgIpc) is 3.01. The maximum absolute atomic E-state index is 12.3. The number of fused-ring (bicyclic) bond motifs is 1. The van der Waals surface area contributed by atoms with Crippen molar-refractivity contribution in [2.45, 2.75) is 24.9 Å². The number of carboxylic acid groups (broad SMARTS) is 1. The van der Waals surface area contributed by atoms with E-state index in [9.17, 15) is 19.2 Å². The summed E-state index contributed by atoms with van der Waals surface area (Å²) >= 11 is 0. The molecule has 0 radical (unpaired) electrons. The zero-order chi connectivity index (χ0) is 20.0. The second kappa shape index (κ2) is 8.81. The summed E-state index contributed by atoms with van der Waals surface area (Å²) in [7, 11) is 0. The highest BCUT2D eigenvalue weighted by Crippen LogP contribution is 2.18. The summed E-state index contributed by atoms with van der Waals surface area (Å²) in [5.74, 6) is -3.57. The molecule has 1 heterocycles. The van der Waals surface area contributed by atoms with Gasteiger partial charge >= 0.3 is 5.97 Å². The largest absolute Gasteiger partial charge is 0.480 e. The molecule has 0 spiro atoms. The number of hydrogen-bond donors (Lipinski definition) is 6. The third-order valence-electron chi connectivity index (χ3n) is 3.90. The van der Waals surface area contributed by atoms with Crippen molar-refractivity contribution in [2.24, 2.45) is 11.5 Å². The minimum absolute atomic E-state index is 0.204. The molecule has 0 saturated heterocycles. The number of carbonyl (C=O) groups excluding carboxylic acids is 3. The summed E-state index contributed by atoms with van der Waals surface area (Å²) in [5.41, 5.74) is 12.8. The molecule has 2 unspecified atom stereocenters. The van der Waals surface area contributed by atoms with E-state index in [-0.39, 0.29) is 6.42 Å². The third kappa shape index (κ3) is 5.54. The molecule has 3 amide bonds. The fraction of sp³-hybridized carbons (Fsp3) is 0.294. The van der Waals surface area contributed by atoms with Crippen LogP contribution in [-0.2, 0) is 25.6 Å². The first-order valence-corrected chi connectivity index (χ1v) is 8.16. The zero-order valence-corrected chi connectivity index (χ0v) is 14.4. The number of carboxylic acids is 1. The van der Waals surface area contributed by atoms with Gasteiger partial charge in [0.2, 0.25) is 17.7 Å². The van der Waals surface area contributed by atoms with Gasteiger partial charge in [-0.05, 0) is 18.1 Å². The number of aromatic amines is 1. The van der Waals surface area contributed by atoms with Gasteiger partial charge in [-0.1, -0.05) is 18.2 Å². The molecule has 0 aliphatic carbocycles. The molecular formula is C17H21N5O5. The Morgan fingerprint density at radius 1 is 1.15 bits per heavy atom. The first-order valence-electron chi connectivity index (χ1n) is 8.16. The van der Waals surface area contributed by atoms with Crippen LogP contribution in [-0.4, -0.2) is 52.4 Å².